The van der Waals surface area contributed by atoms with E-state index in [1.165, 1.54) is 29.7 Å². The zero-order chi connectivity index (χ0) is 25.6. The van der Waals surface area contributed by atoms with Crippen LogP contribution in [0.25, 0.3) is 0 Å². The molecule has 6 nitrogen and oxygen atoms in total. The van der Waals surface area contributed by atoms with Crippen molar-refractivity contribution in [2.24, 2.45) is 5.92 Å². The van der Waals surface area contributed by atoms with Gasteiger partial charge in [0.2, 0.25) is 5.91 Å². The summed E-state index contributed by atoms with van der Waals surface area (Å²) in [6.45, 7) is 10.9. The predicted octanol–water partition coefficient (Wildman–Crippen LogP) is 5.83. The van der Waals surface area contributed by atoms with Crippen LogP contribution < -0.4 is 5.32 Å². The third-order valence-corrected chi connectivity index (χ3v) is 7.33. The normalized spacial score (nSPS) is 23.9. The molecule has 2 aliphatic heterocycles. The summed E-state index contributed by atoms with van der Waals surface area (Å²) in [7, 11) is 0. The lowest BCUT2D eigenvalue weighted by Gasteiger charge is -2.49. The van der Waals surface area contributed by atoms with Gasteiger partial charge in [-0.15, -0.1) is 0 Å². The van der Waals surface area contributed by atoms with Crippen LogP contribution in [0.2, 0.25) is 0 Å². The monoisotopic (exact) mass is 483 g/mol. The van der Waals surface area contributed by atoms with Crippen LogP contribution in [0, 0.1) is 5.92 Å². The Morgan fingerprint density at radius 3 is 2.31 bits per heavy atom. The van der Waals surface area contributed by atoms with Gasteiger partial charge in [0, 0.05) is 36.6 Å². The van der Waals surface area contributed by atoms with Gasteiger partial charge in [0.05, 0.1) is 6.04 Å². The maximum Gasteiger partial charge on any atom is 0.408 e. The highest BCUT2D eigenvalue weighted by Gasteiger charge is 2.38. The summed E-state index contributed by atoms with van der Waals surface area (Å²) in [6.07, 6.45) is 9.54. The van der Waals surface area contributed by atoms with Crippen molar-refractivity contribution in [3.8, 4) is 0 Å². The third kappa shape index (κ3) is 7.83. The molecule has 2 fully saturated rings. The van der Waals surface area contributed by atoms with Crippen molar-refractivity contribution in [2.45, 2.75) is 116 Å². The molecule has 1 aromatic carbocycles. The van der Waals surface area contributed by atoms with E-state index in [9.17, 15) is 14.7 Å². The van der Waals surface area contributed by atoms with Gasteiger partial charge in [0.1, 0.15) is 0 Å². The molecule has 2 bridgehead atoms. The summed E-state index contributed by atoms with van der Waals surface area (Å²) >= 11 is 0. The van der Waals surface area contributed by atoms with Crippen molar-refractivity contribution in [1.82, 2.24) is 15.1 Å². The number of piperidine rings is 2. The maximum absolute atomic E-state index is 12.8. The maximum atomic E-state index is 12.8. The standard InChI is InChI=1S/C29H45N3O3/c1-21(2)17-26(32(28(34)35)29(3,4)5)15-10-16-27(33)30-23-18-24-13-9-14-25(19-23)31(24)20-22-11-7-6-8-12-22/h6-8,10-12,15,21,23-26H,9,13-14,16-20H2,1-5H3,(H,30,33)(H,34,35)/t23?,24?,25?,26-/m1/s1. The second kappa shape index (κ2) is 12.1. The molecule has 2 saturated heterocycles. The topological polar surface area (TPSA) is 72.9 Å². The van der Waals surface area contributed by atoms with Crippen molar-refractivity contribution in [1.29, 1.82) is 0 Å². The zero-order valence-electron chi connectivity index (χ0n) is 22.2. The molecule has 3 rings (SSSR count). The summed E-state index contributed by atoms with van der Waals surface area (Å²) in [6, 6.07) is 11.7. The van der Waals surface area contributed by atoms with Gasteiger partial charge in [0.15, 0.2) is 0 Å². The van der Waals surface area contributed by atoms with Crippen molar-refractivity contribution < 1.29 is 14.7 Å². The smallest absolute Gasteiger partial charge is 0.408 e. The van der Waals surface area contributed by atoms with E-state index in [1.807, 2.05) is 32.9 Å². The van der Waals surface area contributed by atoms with Gasteiger partial charge >= 0.3 is 6.09 Å². The minimum absolute atomic E-state index is 0.0294. The third-order valence-electron chi connectivity index (χ3n) is 7.33. The molecule has 3 atom stereocenters. The van der Waals surface area contributed by atoms with E-state index in [0.717, 1.165) is 25.8 Å². The molecule has 0 aromatic heterocycles. The molecule has 0 aliphatic carbocycles. The Labute approximate surface area is 211 Å². The van der Waals surface area contributed by atoms with Gasteiger partial charge in [-0.05, 0) is 64.4 Å². The molecule has 6 heteroatoms. The molecule has 0 radical (unpaired) electrons. The van der Waals surface area contributed by atoms with E-state index in [1.54, 1.807) is 0 Å². The molecule has 2 unspecified atom stereocenters. The minimum atomic E-state index is -0.925. The molecule has 194 valence electrons. The van der Waals surface area contributed by atoms with Gasteiger partial charge in [-0.25, -0.2) is 4.79 Å². The second-order valence-electron chi connectivity index (χ2n) is 11.8. The number of rotatable bonds is 9. The number of hydrogen-bond donors (Lipinski definition) is 2. The van der Waals surface area contributed by atoms with E-state index in [-0.39, 0.29) is 24.4 Å². The molecule has 35 heavy (non-hydrogen) atoms. The average molecular weight is 484 g/mol. The second-order valence-corrected chi connectivity index (χ2v) is 11.8. The number of nitrogens with one attached hydrogen (secondary N) is 1. The van der Waals surface area contributed by atoms with Gasteiger partial charge in [0.25, 0.3) is 0 Å². The number of hydrogen-bond acceptors (Lipinski definition) is 3. The van der Waals surface area contributed by atoms with Crippen LogP contribution in [0.4, 0.5) is 4.79 Å². The molecule has 2 heterocycles. The van der Waals surface area contributed by atoms with Crippen LogP contribution in [-0.4, -0.2) is 56.6 Å². The first-order valence-electron chi connectivity index (χ1n) is 13.3. The fourth-order valence-corrected chi connectivity index (χ4v) is 5.95. The van der Waals surface area contributed by atoms with Crippen LogP contribution in [0.3, 0.4) is 0 Å². The zero-order valence-corrected chi connectivity index (χ0v) is 22.2. The van der Waals surface area contributed by atoms with E-state index in [0.29, 0.717) is 18.0 Å². The van der Waals surface area contributed by atoms with Crippen molar-refractivity contribution in [2.75, 3.05) is 0 Å². The summed E-state index contributed by atoms with van der Waals surface area (Å²) in [5.74, 6) is 0.380. The lowest BCUT2D eigenvalue weighted by molar-refractivity contribution is -0.121. The first-order valence-corrected chi connectivity index (χ1v) is 13.3. The molecule has 1 aromatic rings. The lowest BCUT2D eigenvalue weighted by Crippen LogP contribution is -2.56. The van der Waals surface area contributed by atoms with E-state index < -0.39 is 11.6 Å². The van der Waals surface area contributed by atoms with Crippen molar-refractivity contribution in [3.63, 3.8) is 0 Å². The number of carbonyl (C=O) groups excluding carboxylic acids is 1. The molecular formula is C29H45N3O3. The molecule has 2 amide bonds. The Bertz CT molecular complexity index is 848. The van der Waals surface area contributed by atoms with Gasteiger partial charge in [-0.1, -0.05) is 62.8 Å². The molecule has 0 saturated carbocycles. The van der Waals surface area contributed by atoms with Crippen molar-refractivity contribution >= 4 is 12.0 Å². The first kappa shape index (κ1) is 27.3. The van der Waals surface area contributed by atoms with E-state index >= 15 is 0 Å². The summed E-state index contributed by atoms with van der Waals surface area (Å²) < 4.78 is 0. The quantitative estimate of drug-likeness (QED) is 0.434. The highest BCUT2D eigenvalue weighted by atomic mass is 16.4. The SMILES string of the molecule is CC(C)C[C@@H](C=CCC(=O)NC1CC2CCCC(C1)N2Cc1ccccc1)N(C(=O)O)C(C)(C)C. The Kier molecular flexibility index (Phi) is 9.40. The Balaban J connectivity index is 1.56. The average Bonchev–Trinajstić information content (AvgIpc) is 2.73. The largest absolute Gasteiger partial charge is 0.465 e. The predicted molar refractivity (Wildman–Crippen MR) is 141 cm³/mol. The molecule has 2 aliphatic rings. The summed E-state index contributed by atoms with van der Waals surface area (Å²) in [5, 5.41) is 13.1. The van der Waals surface area contributed by atoms with Crippen molar-refractivity contribution in [3.05, 3.63) is 48.0 Å². The fraction of sp³-hybridized carbons (Fsp3) is 0.655. The van der Waals surface area contributed by atoms with Gasteiger partial charge < -0.3 is 10.4 Å². The minimum Gasteiger partial charge on any atom is -0.465 e. The van der Waals surface area contributed by atoms with Crippen LogP contribution in [0.5, 0.6) is 0 Å². The number of benzene rings is 1. The van der Waals surface area contributed by atoms with Crippen LogP contribution in [0.15, 0.2) is 42.5 Å². The lowest BCUT2D eigenvalue weighted by atomic mass is 9.81. The number of carboxylic acid groups (broad SMARTS) is 1. The molecule has 0 spiro atoms. The summed E-state index contributed by atoms with van der Waals surface area (Å²) in [5.41, 5.74) is 0.849. The number of nitrogens with zero attached hydrogens (tertiary/aromatic N) is 2. The Morgan fingerprint density at radius 2 is 1.77 bits per heavy atom. The highest BCUT2D eigenvalue weighted by Crippen LogP contribution is 2.35. The first-order chi connectivity index (χ1) is 16.5. The Hall–Kier alpha value is -2.34. The Morgan fingerprint density at radius 1 is 1.14 bits per heavy atom. The van der Waals surface area contributed by atoms with E-state index in [2.05, 4.69) is 54.4 Å². The number of amides is 2. The van der Waals surface area contributed by atoms with Crippen LogP contribution in [0.1, 0.15) is 85.1 Å². The summed E-state index contributed by atoms with van der Waals surface area (Å²) in [4.78, 5) is 28.9. The van der Waals surface area contributed by atoms with Gasteiger partial charge in [-0.3, -0.25) is 14.6 Å². The van der Waals surface area contributed by atoms with Crippen LogP contribution >= 0.6 is 0 Å². The highest BCUT2D eigenvalue weighted by molar-refractivity contribution is 5.77. The molecule has 2 N–H and O–H groups in total. The van der Waals surface area contributed by atoms with Crippen LogP contribution in [-0.2, 0) is 11.3 Å². The number of carbonyl (C=O) groups is 2. The fourth-order valence-electron chi connectivity index (χ4n) is 5.95. The number of fused-ring (bicyclic) bond motifs is 2. The van der Waals surface area contributed by atoms with Gasteiger partial charge in [-0.2, -0.15) is 0 Å². The van der Waals surface area contributed by atoms with E-state index in [4.69, 9.17) is 0 Å². The molecular weight excluding hydrogens is 438 g/mol.